The third-order valence-electron chi connectivity index (χ3n) is 2.87. The number of hydrogen-bond acceptors (Lipinski definition) is 4. The molecule has 0 unspecified atom stereocenters. The van der Waals surface area contributed by atoms with Gasteiger partial charge in [0.2, 0.25) is 0 Å². The largest absolute Gasteiger partial charge is 0.421 e. The Kier molecular flexibility index (Phi) is 4.60. The van der Waals surface area contributed by atoms with Crippen molar-refractivity contribution < 1.29 is 4.57 Å². The second kappa shape index (κ2) is 6.60. The van der Waals surface area contributed by atoms with Crippen LogP contribution in [0.4, 0.5) is 17.3 Å². The Morgan fingerprint density at radius 3 is 2.60 bits per heavy atom. The fourth-order valence-electron chi connectivity index (χ4n) is 1.75. The number of hydrogen-bond donors (Lipinski definition) is 1. The van der Waals surface area contributed by atoms with Crippen LogP contribution in [0.5, 0.6) is 0 Å². The van der Waals surface area contributed by atoms with Gasteiger partial charge in [-0.15, -0.1) is 0 Å². The summed E-state index contributed by atoms with van der Waals surface area (Å²) in [6, 6.07) is 7.80. The summed E-state index contributed by atoms with van der Waals surface area (Å²) < 4.78 is 3.84. The van der Waals surface area contributed by atoms with Crippen molar-refractivity contribution in [1.82, 2.24) is 4.57 Å². The summed E-state index contributed by atoms with van der Waals surface area (Å²) in [5, 5.41) is 11.7. The van der Waals surface area contributed by atoms with E-state index in [0.29, 0.717) is 6.54 Å². The van der Waals surface area contributed by atoms with E-state index in [9.17, 15) is 0 Å². The summed E-state index contributed by atoms with van der Waals surface area (Å²) in [5.74, 6) is 0.796. The van der Waals surface area contributed by atoms with E-state index < -0.39 is 0 Å². The molecule has 0 spiro atoms. The van der Waals surface area contributed by atoms with Crippen LogP contribution in [0.2, 0.25) is 0 Å². The van der Waals surface area contributed by atoms with E-state index in [2.05, 4.69) is 27.3 Å². The van der Waals surface area contributed by atoms with Gasteiger partial charge in [-0.25, -0.2) is 9.13 Å². The highest BCUT2D eigenvalue weighted by Gasteiger charge is 2.09. The van der Waals surface area contributed by atoms with Gasteiger partial charge < -0.3 is 5.32 Å². The highest BCUT2D eigenvalue weighted by atomic mass is 15.3. The monoisotopic (exact) mass is 271 g/mol. The van der Waals surface area contributed by atoms with Gasteiger partial charge in [-0.2, -0.15) is 0 Å². The summed E-state index contributed by atoms with van der Waals surface area (Å²) in [4.78, 5) is 3.79. The quantitative estimate of drug-likeness (QED) is 0.373. The topological polar surface area (TPSA) is 57.9 Å². The Hall–Kier alpha value is -2.50. The van der Waals surface area contributed by atoms with Crippen molar-refractivity contribution in [3.8, 4) is 0 Å². The van der Waals surface area contributed by atoms with Crippen molar-refractivity contribution in [3.63, 3.8) is 0 Å². The minimum absolute atomic E-state index is 0.700. The number of anilines is 1. The predicted molar refractivity (Wildman–Crippen MR) is 80.1 cm³/mol. The summed E-state index contributed by atoms with van der Waals surface area (Å²) in [5.41, 5.74) is 1.86. The number of aliphatic imine (C=N–C) groups is 1. The van der Waals surface area contributed by atoms with Crippen molar-refractivity contribution in [1.29, 1.82) is 0 Å². The fraction of sp³-hybridized carbons (Fsp3) is 0.286. The molecule has 1 heterocycles. The van der Waals surface area contributed by atoms with Crippen LogP contribution in [0, 0.1) is 0 Å². The molecule has 0 radical (unpaired) electrons. The molecule has 0 aliphatic heterocycles. The van der Waals surface area contributed by atoms with Crippen molar-refractivity contribution in [3.05, 3.63) is 36.7 Å². The maximum atomic E-state index is 4.25. The molecule has 0 saturated carbocycles. The van der Waals surface area contributed by atoms with Gasteiger partial charge in [-0.3, -0.25) is 4.99 Å². The van der Waals surface area contributed by atoms with E-state index in [1.165, 1.54) is 0 Å². The predicted octanol–water partition coefficient (Wildman–Crippen LogP) is 2.38. The molecule has 104 valence electrons. The summed E-state index contributed by atoms with van der Waals surface area (Å²) >= 11 is 0. The minimum atomic E-state index is 0.700. The average Bonchev–Trinajstić information content (AvgIpc) is 2.78. The number of benzene rings is 1. The molecule has 2 aromatic rings. The zero-order valence-corrected chi connectivity index (χ0v) is 11.8. The second-order valence-corrected chi connectivity index (χ2v) is 4.44. The number of aromatic nitrogens is 2. The molecular weight excluding hydrogens is 252 g/mol. The lowest BCUT2D eigenvalue weighted by atomic mass is 10.3. The van der Waals surface area contributed by atoms with Gasteiger partial charge in [0.25, 0.3) is 0 Å². The van der Waals surface area contributed by atoms with Gasteiger partial charge in [0.15, 0.2) is 0 Å². The van der Waals surface area contributed by atoms with Gasteiger partial charge in [0.05, 0.1) is 33.0 Å². The lowest BCUT2D eigenvalue weighted by Crippen LogP contribution is -2.25. The van der Waals surface area contributed by atoms with Gasteiger partial charge in [0.1, 0.15) is 5.69 Å². The maximum absolute atomic E-state index is 4.25. The molecule has 0 fully saturated rings. The zero-order valence-electron chi connectivity index (χ0n) is 11.8. The molecule has 1 aromatic carbocycles. The number of imidazole rings is 1. The Morgan fingerprint density at radius 1 is 1.25 bits per heavy atom. The van der Waals surface area contributed by atoms with E-state index >= 15 is 0 Å². The van der Waals surface area contributed by atoms with E-state index in [1.807, 2.05) is 59.9 Å². The number of azo groups is 1. The van der Waals surface area contributed by atoms with Crippen LogP contribution in [-0.4, -0.2) is 24.4 Å². The van der Waals surface area contributed by atoms with Crippen LogP contribution >= 0.6 is 0 Å². The van der Waals surface area contributed by atoms with Crippen molar-refractivity contribution in [2.45, 2.75) is 0 Å². The first-order valence-electron chi connectivity index (χ1n) is 6.40. The van der Waals surface area contributed by atoms with E-state index in [0.717, 1.165) is 23.9 Å². The highest BCUT2D eigenvalue weighted by molar-refractivity contribution is 5.50. The number of aryl methyl sites for hydroxylation is 2. The summed E-state index contributed by atoms with van der Waals surface area (Å²) in [6.07, 6.45) is 3.88. The Bertz CT molecular complexity index is 577. The average molecular weight is 271 g/mol. The lowest BCUT2D eigenvalue weighted by molar-refractivity contribution is -0.657. The van der Waals surface area contributed by atoms with Gasteiger partial charge in [-0.1, -0.05) is 5.11 Å². The molecule has 6 nitrogen and oxygen atoms in total. The van der Waals surface area contributed by atoms with Crippen LogP contribution in [0.25, 0.3) is 0 Å². The molecule has 6 heteroatoms. The molecule has 1 N–H and O–H groups in total. The van der Waals surface area contributed by atoms with Crippen LogP contribution < -0.4 is 9.88 Å². The molecule has 20 heavy (non-hydrogen) atoms. The molecule has 0 aliphatic rings. The van der Waals surface area contributed by atoms with Crippen molar-refractivity contribution >= 4 is 24.0 Å². The lowest BCUT2D eigenvalue weighted by Gasteiger charge is -2.03. The first-order chi connectivity index (χ1) is 9.70. The molecule has 0 atom stereocenters. The summed E-state index contributed by atoms with van der Waals surface area (Å²) in [6.45, 7) is 4.93. The van der Waals surface area contributed by atoms with E-state index in [-0.39, 0.29) is 0 Å². The van der Waals surface area contributed by atoms with Gasteiger partial charge >= 0.3 is 5.95 Å². The van der Waals surface area contributed by atoms with Crippen LogP contribution in [0.15, 0.2) is 51.9 Å². The fourth-order valence-corrected chi connectivity index (χ4v) is 1.75. The van der Waals surface area contributed by atoms with Gasteiger partial charge in [0, 0.05) is 17.3 Å². The molecule has 0 saturated heterocycles. The molecule has 0 amide bonds. The molecule has 0 aliphatic carbocycles. The molecular formula is C14H19N6+. The third kappa shape index (κ3) is 3.50. The van der Waals surface area contributed by atoms with Crippen molar-refractivity contribution in [2.24, 2.45) is 29.3 Å². The van der Waals surface area contributed by atoms with Crippen molar-refractivity contribution in [2.75, 3.05) is 18.4 Å². The first kappa shape index (κ1) is 13.9. The number of nitrogens with zero attached hydrogens (tertiary/aromatic N) is 5. The Morgan fingerprint density at radius 2 is 2.00 bits per heavy atom. The smallest absolute Gasteiger partial charge is 0.383 e. The molecule has 2 rings (SSSR count). The number of nitrogens with one attached hydrogen (secondary N) is 1. The third-order valence-corrected chi connectivity index (χ3v) is 2.87. The number of rotatable bonds is 6. The van der Waals surface area contributed by atoms with E-state index in [4.69, 9.17) is 0 Å². The second-order valence-electron chi connectivity index (χ2n) is 4.44. The van der Waals surface area contributed by atoms with Crippen LogP contribution in [-0.2, 0) is 14.1 Å². The Balaban J connectivity index is 2.02. The van der Waals surface area contributed by atoms with Crippen LogP contribution in [0.3, 0.4) is 0 Å². The SMILES string of the molecule is C=NCCNc1ccc(N=Nc2n(C)cc[n+]2C)cc1. The highest BCUT2D eigenvalue weighted by Crippen LogP contribution is 2.18. The molecule has 0 bridgehead atoms. The maximum Gasteiger partial charge on any atom is 0.421 e. The zero-order chi connectivity index (χ0) is 14.4. The Labute approximate surface area is 118 Å². The summed E-state index contributed by atoms with van der Waals surface area (Å²) in [7, 11) is 3.88. The molecule has 1 aromatic heterocycles. The first-order valence-corrected chi connectivity index (χ1v) is 6.40. The van der Waals surface area contributed by atoms with E-state index in [1.54, 1.807) is 0 Å². The van der Waals surface area contributed by atoms with Crippen LogP contribution in [0.1, 0.15) is 0 Å². The van der Waals surface area contributed by atoms with Gasteiger partial charge in [-0.05, 0) is 31.0 Å². The standard InChI is InChI=1S/C14H18N6/c1-15-8-9-16-12-4-6-13(7-5-12)17-18-14-19(2)10-11-20(14)3/h4-7,10-11H,1,8-9H2,2-3H3/p+1. The normalized spacial score (nSPS) is 10.9. The minimum Gasteiger partial charge on any atom is -0.383 e.